The van der Waals surface area contributed by atoms with Crippen molar-refractivity contribution in [1.82, 2.24) is 4.98 Å². The lowest BCUT2D eigenvalue weighted by Crippen LogP contribution is -2.37. The molecule has 1 atom stereocenters. The summed E-state index contributed by atoms with van der Waals surface area (Å²) in [5.41, 5.74) is 0. The molecule has 1 rings (SSSR count). The summed E-state index contributed by atoms with van der Waals surface area (Å²) in [5.74, 6) is 0. The molecule has 170 valence electrons. The molecule has 0 spiro atoms. The lowest BCUT2D eigenvalue weighted by atomic mass is 9.99. The van der Waals surface area contributed by atoms with E-state index in [9.17, 15) is 0 Å². The van der Waals surface area contributed by atoms with E-state index in [0.29, 0.717) is 6.04 Å². The van der Waals surface area contributed by atoms with Crippen LogP contribution in [0.5, 0.6) is 0 Å². The average molecular weight is 406 g/mol. The van der Waals surface area contributed by atoms with Gasteiger partial charge in [-0.15, -0.1) is 0 Å². The third kappa shape index (κ3) is 15.7. The fourth-order valence-corrected chi connectivity index (χ4v) is 4.53. The Morgan fingerprint density at radius 3 is 1.28 bits per heavy atom. The number of hydrogen-bond donors (Lipinski definition) is 1. The highest BCUT2D eigenvalue weighted by Gasteiger charge is 2.14. The third-order valence-corrected chi connectivity index (χ3v) is 6.52. The summed E-state index contributed by atoms with van der Waals surface area (Å²) >= 11 is 0. The van der Waals surface area contributed by atoms with Gasteiger partial charge in [-0.1, -0.05) is 123 Å². The number of nitrogens with zero attached hydrogens (tertiary/aromatic N) is 1. The van der Waals surface area contributed by atoms with Crippen LogP contribution in [0.1, 0.15) is 155 Å². The Balaban J connectivity index is 1.95. The molecule has 0 radical (unpaired) electrons. The second kappa shape index (κ2) is 20.5. The van der Waals surface area contributed by atoms with Gasteiger partial charge in [-0.2, -0.15) is 0 Å². The van der Waals surface area contributed by atoms with Gasteiger partial charge in [0.25, 0.3) is 0 Å². The van der Waals surface area contributed by atoms with Gasteiger partial charge in [-0.3, -0.25) is 4.98 Å². The Labute approximate surface area is 183 Å². The molecule has 1 aromatic heterocycles. The number of imidazole rings is 1. The summed E-state index contributed by atoms with van der Waals surface area (Å²) in [6.07, 6.45) is 36.4. The van der Waals surface area contributed by atoms with Crippen molar-refractivity contribution in [3.8, 4) is 0 Å². The van der Waals surface area contributed by atoms with Crippen LogP contribution in [0.3, 0.4) is 0 Å². The summed E-state index contributed by atoms with van der Waals surface area (Å²) in [4.78, 5) is 3.24. The van der Waals surface area contributed by atoms with Crippen LogP contribution >= 0.6 is 0 Å². The number of aromatic nitrogens is 2. The molecule has 2 nitrogen and oxygen atoms in total. The van der Waals surface area contributed by atoms with E-state index in [1.165, 1.54) is 135 Å². The number of H-pyrrole nitrogens is 1. The number of hydrogen-bond acceptors (Lipinski definition) is 0. The summed E-state index contributed by atoms with van der Waals surface area (Å²) in [5, 5.41) is 0. The maximum absolute atomic E-state index is 3.24. The first-order chi connectivity index (χ1) is 14.4. The molecule has 0 saturated heterocycles. The molecule has 2 heteroatoms. The Morgan fingerprint density at radius 2 is 0.931 bits per heavy atom. The van der Waals surface area contributed by atoms with E-state index in [1.54, 1.807) is 0 Å². The number of rotatable bonds is 22. The van der Waals surface area contributed by atoms with Crippen LogP contribution in [0.2, 0.25) is 0 Å². The van der Waals surface area contributed by atoms with Crippen LogP contribution in [-0.4, -0.2) is 4.98 Å². The standard InChI is InChI=1S/C27H52N2/c1-3-5-7-9-10-11-12-13-14-15-16-17-19-21-23-27(29-25-24-28-26-29)22-20-18-8-6-4-2/h24-27H,3-23H2,1-2H3/p+1. The van der Waals surface area contributed by atoms with E-state index in [1.807, 2.05) is 0 Å². The minimum Gasteiger partial charge on any atom is -0.250 e. The molecule has 1 N–H and O–H groups in total. The van der Waals surface area contributed by atoms with E-state index in [0.717, 1.165) is 0 Å². The number of nitrogens with one attached hydrogen (secondary N) is 1. The normalized spacial score (nSPS) is 12.5. The zero-order valence-corrected chi connectivity index (χ0v) is 20.1. The van der Waals surface area contributed by atoms with Gasteiger partial charge in [0.05, 0.1) is 0 Å². The summed E-state index contributed by atoms with van der Waals surface area (Å²) in [6, 6.07) is 0.709. The van der Waals surface area contributed by atoms with Crippen LogP contribution in [0.25, 0.3) is 0 Å². The largest absolute Gasteiger partial charge is 0.250 e. The minimum absolute atomic E-state index is 0.709. The first kappa shape index (κ1) is 26.2. The number of unbranched alkanes of at least 4 members (excludes halogenated alkanes) is 17. The van der Waals surface area contributed by atoms with Crippen molar-refractivity contribution in [3.63, 3.8) is 0 Å². The Hall–Kier alpha value is -0.790. The monoisotopic (exact) mass is 405 g/mol. The number of aromatic amines is 1. The molecule has 29 heavy (non-hydrogen) atoms. The van der Waals surface area contributed by atoms with E-state index >= 15 is 0 Å². The Morgan fingerprint density at radius 1 is 0.552 bits per heavy atom. The van der Waals surface area contributed by atoms with Crippen LogP contribution in [0.15, 0.2) is 18.7 Å². The summed E-state index contributed by atoms with van der Waals surface area (Å²) in [7, 11) is 0. The molecule has 1 aromatic rings. The Bertz CT molecular complexity index is 412. The van der Waals surface area contributed by atoms with Crippen molar-refractivity contribution in [2.75, 3.05) is 0 Å². The lowest BCUT2D eigenvalue weighted by molar-refractivity contribution is -0.723. The van der Waals surface area contributed by atoms with E-state index in [4.69, 9.17) is 0 Å². The highest BCUT2D eigenvalue weighted by Crippen LogP contribution is 2.19. The summed E-state index contributed by atoms with van der Waals surface area (Å²) in [6.45, 7) is 4.60. The molecule has 0 aliphatic rings. The first-order valence-corrected chi connectivity index (χ1v) is 13.4. The fourth-order valence-electron chi connectivity index (χ4n) is 4.53. The minimum atomic E-state index is 0.709. The smallest absolute Gasteiger partial charge is 0.241 e. The topological polar surface area (TPSA) is 19.7 Å². The third-order valence-electron chi connectivity index (χ3n) is 6.52. The van der Waals surface area contributed by atoms with Gasteiger partial charge < -0.3 is 0 Å². The van der Waals surface area contributed by atoms with Crippen molar-refractivity contribution in [3.05, 3.63) is 18.7 Å². The molecular formula is C27H53N2+. The van der Waals surface area contributed by atoms with Gasteiger partial charge >= 0.3 is 0 Å². The lowest BCUT2D eigenvalue weighted by Gasteiger charge is -2.14. The van der Waals surface area contributed by atoms with E-state index in [2.05, 4.69) is 42.1 Å². The highest BCUT2D eigenvalue weighted by atomic mass is 15.0. The average Bonchev–Trinajstić information content (AvgIpc) is 3.27. The van der Waals surface area contributed by atoms with Crippen LogP contribution in [0, 0.1) is 0 Å². The fraction of sp³-hybridized carbons (Fsp3) is 0.889. The maximum atomic E-state index is 3.24. The van der Waals surface area contributed by atoms with E-state index < -0.39 is 0 Å². The first-order valence-electron chi connectivity index (χ1n) is 13.4. The second-order valence-corrected chi connectivity index (χ2v) is 9.30. The zero-order valence-electron chi connectivity index (χ0n) is 20.1. The Kier molecular flexibility index (Phi) is 18.5. The molecule has 1 unspecified atom stereocenters. The van der Waals surface area contributed by atoms with Crippen LogP contribution in [-0.2, 0) is 0 Å². The van der Waals surface area contributed by atoms with Crippen molar-refractivity contribution >= 4 is 0 Å². The predicted octanol–water partition coefficient (Wildman–Crippen LogP) is 9.08. The molecular weight excluding hydrogens is 352 g/mol. The van der Waals surface area contributed by atoms with Gasteiger partial charge in [0, 0.05) is 0 Å². The SMILES string of the molecule is CCCCCCCCCCCCCCCCC(CCCCCCC)[n+]1cc[nH]c1. The van der Waals surface area contributed by atoms with Crippen molar-refractivity contribution in [1.29, 1.82) is 0 Å². The molecule has 0 saturated carbocycles. The molecule has 0 bridgehead atoms. The van der Waals surface area contributed by atoms with Gasteiger partial charge in [0.2, 0.25) is 6.33 Å². The van der Waals surface area contributed by atoms with Crippen LogP contribution < -0.4 is 4.57 Å². The quantitative estimate of drug-likeness (QED) is 0.147. The van der Waals surface area contributed by atoms with Gasteiger partial charge in [-0.25, -0.2) is 4.57 Å². The molecule has 0 aromatic carbocycles. The van der Waals surface area contributed by atoms with Crippen LogP contribution in [0.4, 0.5) is 0 Å². The van der Waals surface area contributed by atoms with Gasteiger partial charge in [-0.05, 0) is 25.7 Å². The van der Waals surface area contributed by atoms with Crippen molar-refractivity contribution in [2.45, 2.75) is 155 Å². The summed E-state index contributed by atoms with van der Waals surface area (Å²) < 4.78 is 2.42. The predicted molar refractivity (Wildman–Crippen MR) is 128 cm³/mol. The van der Waals surface area contributed by atoms with Gasteiger partial charge in [0.15, 0.2) is 0 Å². The second-order valence-electron chi connectivity index (χ2n) is 9.30. The van der Waals surface area contributed by atoms with Gasteiger partial charge in [0.1, 0.15) is 18.4 Å². The molecule has 0 amide bonds. The zero-order chi connectivity index (χ0) is 20.8. The van der Waals surface area contributed by atoms with Crippen molar-refractivity contribution < 1.29 is 4.57 Å². The molecule has 0 aliphatic heterocycles. The molecule has 1 heterocycles. The highest BCUT2D eigenvalue weighted by molar-refractivity contribution is 4.62. The van der Waals surface area contributed by atoms with Crippen molar-refractivity contribution in [2.24, 2.45) is 0 Å². The maximum Gasteiger partial charge on any atom is 0.241 e. The molecule has 0 aliphatic carbocycles. The molecule has 0 fully saturated rings. The van der Waals surface area contributed by atoms with E-state index in [-0.39, 0.29) is 0 Å².